The Hall–Kier alpha value is -3.52. The van der Waals surface area contributed by atoms with Crippen LogP contribution in [0, 0.1) is 13.8 Å². The van der Waals surface area contributed by atoms with Gasteiger partial charge in [-0.25, -0.2) is 0 Å². The normalized spacial score (nSPS) is 23.1. The van der Waals surface area contributed by atoms with Crippen LogP contribution in [0.3, 0.4) is 0 Å². The van der Waals surface area contributed by atoms with Gasteiger partial charge in [0.15, 0.2) is 0 Å². The highest BCUT2D eigenvalue weighted by Gasteiger charge is 2.65. The zero-order valence-corrected chi connectivity index (χ0v) is 17.2. The van der Waals surface area contributed by atoms with Gasteiger partial charge in [-0.2, -0.15) is 0 Å². The molecule has 2 heteroatoms. The highest BCUT2D eigenvalue weighted by Crippen LogP contribution is 2.64. The third kappa shape index (κ3) is 2.03. The van der Waals surface area contributed by atoms with E-state index in [0.717, 1.165) is 0 Å². The first-order chi connectivity index (χ1) is 14.6. The minimum Gasteiger partial charge on any atom is -0.369 e. The molecule has 146 valence electrons. The minimum atomic E-state index is -0.436. The van der Waals surface area contributed by atoms with Crippen LogP contribution in [-0.4, -0.2) is 0 Å². The smallest absolute Gasteiger partial charge is 0.122 e. The van der Waals surface area contributed by atoms with Crippen molar-refractivity contribution in [1.29, 1.82) is 0 Å². The molecule has 0 saturated carbocycles. The van der Waals surface area contributed by atoms with E-state index in [1.165, 1.54) is 44.8 Å². The van der Waals surface area contributed by atoms with E-state index in [-0.39, 0.29) is 0 Å². The molecule has 2 aliphatic rings. The van der Waals surface area contributed by atoms with Gasteiger partial charge >= 0.3 is 0 Å². The van der Waals surface area contributed by atoms with Crippen LogP contribution in [0.4, 0.5) is 11.4 Å². The summed E-state index contributed by atoms with van der Waals surface area (Å²) in [5.41, 5.74) is 9.14. The van der Waals surface area contributed by atoms with Crippen molar-refractivity contribution in [3.8, 4) is 0 Å². The molecule has 2 aliphatic heterocycles. The van der Waals surface area contributed by atoms with E-state index >= 15 is 0 Å². The first-order valence-corrected chi connectivity index (χ1v) is 10.5. The molecule has 4 aromatic carbocycles. The summed E-state index contributed by atoms with van der Waals surface area (Å²) in [4.78, 5) is 0. The summed E-state index contributed by atoms with van der Waals surface area (Å²) in [6, 6.07) is 35.3. The van der Waals surface area contributed by atoms with E-state index in [0.29, 0.717) is 0 Å². The van der Waals surface area contributed by atoms with Gasteiger partial charge in [-0.3, -0.25) is 0 Å². The van der Waals surface area contributed by atoms with E-state index in [1.54, 1.807) is 0 Å². The molecule has 2 nitrogen and oxygen atoms in total. The van der Waals surface area contributed by atoms with Crippen molar-refractivity contribution in [2.75, 3.05) is 10.6 Å². The topological polar surface area (TPSA) is 24.1 Å². The maximum absolute atomic E-state index is 4.02. The Morgan fingerprint density at radius 2 is 0.900 bits per heavy atom. The third-order valence-corrected chi connectivity index (χ3v) is 6.78. The highest BCUT2D eigenvalue weighted by atomic mass is 15.2. The number of nitrogens with one attached hydrogen (secondary N) is 2. The number of benzene rings is 4. The lowest BCUT2D eigenvalue weighted by Gasteiger charge is -2.42. The number of rotatable bonds is 2. The molecule has 2 heterocycles. The fraction of sp³-hybridized carbons (Fsp3) is 0.143. The lowest BCUT2D eigenvalue weighted by molar-refractivity contribution is 0.439. The number of fused-ring (bicyclic) bond motifs is 5. The van der Waals surface area contributed by atoms with E-state index in [4.69, 9.17) is 0 Å². The molecule has 0 aromatic heterocycles. The van der Waals surface area contributed by atoms with Gasteiger partial charge < -0.3 is 10.6 Å². The Kier molecular flexibility index (Phi) is 3.47. The van der Waals surface area contributed by atoms with Gasteiger partial charge in [0.2, 0.25) is 0 Å². The quantitative estimate of drug-likeness (QED) is 0.418. The molecule has 0 spiro atoms. The maximum atomic E-state index is 4.02. The summed E-state index contributed by atoms with van der Waals surface area (Å²) < 4.78 is 0. The molecule has 2 unspecified atom stereocenters. The van der Waals surface area contributed by atoms with Crippen molar-refractivity contribution < 1.29 is 0 Å². The average Bonchev–Trinajstić information content (AvgIpc) is 3.21. The molecule has 0 bridgehead atoms. The van der Waals surface area contributed by atoms with Gasteiger partial charge in [0.05, 0.1) is 0 Å². The number of aryl methyl sites for hydroxylation is 2. The predicted molar refractivity (Wildman–Crippen MR) is 124 cm³/mol. The zero-order chi connectivity index (χ0) is 20.3. The van der Waals surface area contributed by atoms with Crippen LogP contribution in [0.2, 0.25) is 0 Å². The van der Waals surface area contributed by atoms with Crippen molar-refractivity contribution >= 4 is 11.4 Å². The van der Waals surface area contributed by atoms with Crippen molar-refractivity contribution in [2.24, 2.45) is 0 Å². The Balaban J connectivity index is 1.78. The summed E-state index contributed by atoms with van der Waals surface area (Å²) in [6.45, 7) is 4.32. The van der Waals surface area contributed by atoms with Crippen LogP contribution in [0.1, 0.15) is 33.4 Å². The molecule has 2 atom stereocenters. The molecular weight excluding hydrogens is 364 g/mol. The Bertz CT molecular complexity index is 1160. The molecular formula is C28H24N2. The van der Waals surface area contributed by atoms with E-state index in [1.807, 2.05) is 0 Å². The minimum absolute atomic E-state index is 0.436. The molecule has 6 rings (SSSR count). The van der Waals surface area contributed by atoms with E-state index in [2.05, 4.69) is 122 Å². The second-order valence-corrected chi connectivity index (χ2v) is 8.58. The van der Waals surface area contributed by atoms with Crippen LogP contribution in [-0.2, 0) is 11.1 Å². The van der Waals surface area contributed by atoms with Gasteiger partial charge in [-0.05, 0) is 48.2 Å². The second kappa shape index (κ2) is 5.99. The summed E-state index contributed by atoms with van der Waals surface area (Å²) in [6.07, 6.45) is 0. The lowest BCUT2D eigenvalue weighted by atomic mass is 9.66. The number of hydrogen-bond donors (Lipinski definition) is 2. The summed E-state index contributed by atoms with van der Waals surface area (Å²) in [7, 11) is 0. The molecule has 0 aliphatic carbocycles. The first-order valence-electron chi connectivity index (χ1n) is 10.5. The lowest BCUT2D eigenvalue weighted by Crippen LogP contribution is -2.51. The van der Waals surface area contributed by atoms with Crippen LogP contribution < -0.4 is 10.6 Å². The highest BCUT2D eigenvalue weighted by molar-refractivity contribution is 5.84. The van der Waals surface area contributed by atoms with Gasteiger partial charge in [0.1, 0.15) is 11.1 Å². The molecule has 4 aromatic rings. The van der Waals surface area contributed by atoms with E-state index in [9.17, 15) is 0 Å². The predicted octanol–water partition coefficient (Wildman–Crippen LogP) is 6.34. The van der Waals surface area contributed by atoms with Gasteiger partial charge in [-0.1, -0.05) is 84.9 Å². The number of anilines is 2. The van der Waals surface area contributed by atoms with Crippen LogP contribution in [0.5, 0.6) is 0 Å². The van der Waals surface area contributed by atoms with Gasteiger partial charge in [0.25, 0.3) is 0 Å². The molecule has 0 radical (unpaired) electrons. The summed E-state index contributed by atoms with van der Waals surface area (Å²) in [5.74, 6) is 0. The summed E-state index contributed by atoms with van der Waals surface area (Å²) in [5, 5.41) is 8.04. The Morgan fingerprint density at radius 3 is 1.30 bits per heavy atom. The standard InChI is InChI=1S/C28H24N2/c1-19-13-15-23-25(17-19)29-28(22-11-7-4-8-12-22)24-16-14-20(2)18-26(24)30-27(23,28)21-9-5-3-6-10-21/h3-18,29-30H,1-2H3. The second-order valence-electron chi connectivity index (χ2n) is 8.58. The maximum Gasteiger partial charge on any atom is 0.122 e. The van der Waals surface area contributed by atoms with Gasteiger partial charge in [-0.15, -0.1) is 0 Å². The molecule has 0 saturated heterocycles. The summed E-state index contributed by atoms with van der Waals surface area (Å²) >= 11 is 0. The van der Waals surface area contributed by atoms with Crippen molar-refractivity contribution in [3.63, 3.8) is 0 Å². The largest absolute Gasteiger partial charge is 0.369 e. The molecule has 2 N–H and O–H groups in total. The van der Waals surface area contributed by atoms with Crippen LogP contribution in [0.15, 0.2) is 97.1 Å². The van der Waals surface area contributed by atoms with Gasteiger partial charge in [0, 0.05) is 22.5 Å². The van der Waals surface area contributed by atoms with Crippen molar-refractivity contribution in [3.05, 3.63) is 130 Å². The molecule has 0 amide bonds. The monoisotopic (exact) mass is 388 g/mol. The SMILES string of the molecule is Cc1ccc2c(c1)NC1(c3ccccc3)c3ccc(C)cc3NC21c1ccccc1. The van der Waals surface area contributed by atoms with Crippen LogP contribution in [0.25, 0.3) is 0 Å². The average molecular weight is 389 g/mol. The fourth-order valence-corrected chi connectivity index (χ4v) is 5.57. The Labute approximate surface area is 177 Å². The van der Waals surface area contributed by atoms with Crippen molar-refractivity contribution in [2.45, 2.75) is 24.9 Å². The van der Waals surface area contributed by atoms with E-state index < -0.39 is 11.1 Å². The zero-order valence-electron chi connectivity index (χ0n) is 17.2. The van der Waals surface area contributed by atoms with Crippen molar-refractivity contribution in [1.82, 2.24) is 0 Å². The fourth-order valence-electron chi connectivity index (χ4n) is 5.57. The molecule has 30 heavy (non-hydrogen) atoms. The Morgan fingerprint density at radius 1 is 0.500 bits per heavy atom. The van der Waals surface area contributed by atoms with Crippen LogP contribution >= 0.6 is 0 Å². The number of hydrogen-bond acceptors (Lipinski definition) is 2. The molecule has 0 fully saturated rings. The third-order valence-electron chi connectivity index (χ3n) is 6.78. The first kappa shape index (κ1) is 17.3.